The van der Waals surface area contributed by atoms with Gasteiger partial charge in [0.05, 0.1) is 0 Å². The Morgan fingerprint density at radius 2 is 1.48 bits per heavy atom. The maximum Gasteiger partial charge on any atom is 0.163 e. The number of fused-ring (bicyclic) bond motifs is 2. The summed E-state index contributed by atoms with van der Waals surface area (Å²) in [6.07, 6.45) is 6.58. The van der Waals surface area contributed by atoms with Crippen molar-refractivity contribution < 1.29 is 4.79 Å². The van der Waals surface area contributed by atoms with Crippen molar-refractivity contribution in [2.45, 2.75) is 45.4 Å². The fourth-order valence-electron chi connectivity index (χ4n) is 3.23. The van der Waals surface area contributed by atoms with Crippen LogP contribution >= 0.6 is 0 Å². The van der Waals surface area contributed by atoms with Crippen molar-refractivity contribution in [1.82, 2.24) is 0 Å². The largest absolute Gasteiger partial charge is 0.294 e. The van der Waals surface area contributed by atoms with Crippen LogP contribution in [0.1, 0.15) is 55.8 Å². The Balaban J connectivity index is 1.85. The average molecular weight is 304 g/mol. The monoisotopic (exact) mass is 304 g/mol. The molecule has 118 valence electrons. The number of hydrogen-bond donors (Lipinski definition) is 0. The zero-order valence-corrected chi connectivity index (χ0v) is 13.8. The van der Waals surface area contributed by atoms with E-state index < -0.39 is 0 Å². The minimum atomic E-state index is 0.280. The zero-order chi connectivity index (χ0) is 16.1. The SMILES string of the molecule is CCCCCCCC(=O)c1cccc2cc3ccccc3cc12. The Morgan fingerprint density at radius 1 is 0.783 bits per heavy atom. The lowest BCUT2D eigenvalue weighted by molar-refractivity contribution is 0.0980. The molecule has 3 rings (SSSR count). The quantitative estimate of drug-likeness (QED) is 0.275. The van der Waals surface area contributed by atoms with E-state index in [1.54, 1.807) is 0 Å². The predicted octanol–water partition coefficient (Wildman–Crippen LogP) is 6.54. The van der Waals surface area contributed by atoms with Crippen molar-refractivity contribution in [3.8, 4) is 0 Å². The molecule has 3 aromatic rings. The van der Waals surface area contributed by atoms with Crippen molar-refractivity contribution in [3.63, 3.8) is 0 Å². The van der Waals surface area contributed by atoms with Crippen LogP contribution in [0.15, 0.2) is 54.6 Å². The third-order valence-electron chi connectivity index (χ3n) is 4.55. The van der Waals surface area contributed by atoms with Gasteiger partial charge in [-0.25, -0.2) is 0 Å². The summed E-state index contributed by atoms with van der Waals surface area (Å²) in [5.41, 5.74) is 0.878. The van der Waals surface area contributed by atoms with Gasteiger partial charge in [0.1, 0.15) is 0 Å². The molecular formula is C22H24O. The van der Waals surface area contributed by atoms with Crippen molar-refractivity contribution in [3.05, 3.63) is 60.2 Å². The third kappa shape index (κ3) is 3.61. The summed E-state index contributed by atoms with van der Waals surface area (Å²) >= 11 is 0. The van der Waals surface area contributed by atoms with E-state index in [1.807, 2.05) is 18.2 Å². The minimum absolute atomic E-state index is 0.280. The maximum absolute atomic E-state index is 12.6. The molecule has 0 atom stereocenters. The van der Waals surface area contributed by atoms with Crippen LogP contribution in [0.3, 0.4) is 0 Å². The topological polar surface area (TPSA) is 17.1 Å². The Hall–Kier alpha value is -2.15. The van der Waals surface area contributed by atoms with Gasteiger partial charge in [-0.15, -0.1) is 0 Å². The smallest absolute Gasteiger partial charge is 0.163 e. The van der Waals surface area contributed by atoms with Gasteiger partial charge in [0.25, 0.3) is 0 Å². The Morgan fingerprint density at radius 3 is 2.26 bits per heavy atom. The van der Waals surface area contributed by atoms with Crippen LogP contribution < -0.4 is 0 Å². The summed E-state index contributed by atoms with van der Waals surface area (Å²) < 4.78 is 0. The summed E-state index contributed by atoms with van der Waals surface area (Å²) in [7, 11) is 0. The molecule has 0 bridgehead atoms. The number of hydrogen-bond acceptors (Lipinski definition) is 1. The van der Waals surface area contributed by atoms with Gasteiger partial charge in [0.15, 0.2) is 5.78 Å². The summed E-state index contributed by atoms with van der Waals surface area (Å²) in [6.45, 7) is 2.21. The molecule has 0 heterocycles. The van der Waals surface area contributed by atoms with E-state index in [1.165, 1.54) is 30.0 Å². The van der Waals surface area contributed by atoms with Crippen LogP contribution in [0.4, 0.5) is 0 Å². The number of carbonyl (C=O) groups is 1. The standard InChI is InChI=1S/C22H24O/c1-2-3-4-5-6-14-22(23)20-13-9-12-19-15-17-10-7-8-11-18(17)16-21(19)20/h7-13,15-16H,2-6,14H2,1H3. The van der Waals surface area contributed by atoms with Gasteiger partial charge in [-0.2, -0.15) is 0 Å². The minimum Gasteiger partial charge on any atom is -0.294 e. The molecule has 1 heteroatoms. The molecular weight excluding hydrogens is 280 g/mol. The van der Waals surface area contributed by atoms with E-state index in [0.29, 0.717) is 6.42 Å². The van der Waals surface area contributed by atoms with E-state index in [4.69, 9.17) is 0 Å². The Labute approximate surface area is 138 Å². The van der Waals surface area contributed by atoms with E-state index in [2.05, 4.69) is 43.3 Å². The highest BCUT2D eigenvalue weighted by Crippen LogP contribution is 2.26. The van der Waals surface area contributed by atoms with Crippen molar-refractivity contribution in [2.75, 3.05) is 0 Å². The van der Waals surface area contributed by atoms with Crippen LogP contribution in [0.5, 0.6) is 0 Å². The molecule has 0 radical (unpaired) electrons. The zero-order valence-electron chi connectivity index (χ0n) is 13.8. The summed E-state index contributed by atoms with van der Waals surface area (Å²) in [5, 5.41) is 4.66. The fourth-order valence-corrected chi connectivity index (χ4v) is 3.23. The second kappa shape index (κ2) is 7.41. The molecule has 1 nitrogen and oxygen atoms in total. The van der Waals surface area contributed by atoms with Gasteiger partial charge in [-0.05, 0) is 40.1 Å². The normalized spacial score (nSPS) is 11.2. The van der Waals surface area contributed by atoms with E-state index in [0.717, 1.165) is 29.2 Å². The van der Waals surface area contributed by atoms with E-state index >= 15 is 0 Å². The van der Waals surface area contributed by atoms with Gasteiger partial charge < -0.3 is 0 Å². The summed E-state index contributed by atoms with van der Waals surface area (Å²) in [6, 6.07) is 18.8. The molecule has 0 fully saturated rings. The van der Waals surface area contributed by atoms with E-state index in [-0.39, 0.29) is 5.78 Å². The van der Waals surface area contributed by atoms with Crippen LogP contribution in [0.2, 0.25) is 0 Å². The number of carbonyl (C=O) groups excluding carboxylic acids is 1. The number of rotatable bonds is 7. The Bertz CT molecular complexity index is 816. The van der Waals surface area contributed by atoms with Crippen molar-refractivity contribution in [2.24, 2.45) is 0 Å². The lowest BCUT2D eigenvalue weighted by atomic mass is 9.95. The molecule has 0 amide bonds. The highest BCUT2D eigenvalue weighted by Gasteiger charge is 2.10. The number of Topliss-reactive ketones (excluding diaryl/α,β-unsaturated/α-hetero) is 1. The lowest BCUT2D eigenvalue weighted by Crippen LogP contribution is -2.00. The number of unbranched alkanes of at least 4 members (excludes halogenated alkanes) is 4. The van der Waals surface area contributed by atoms with Crippen molar-refractivity contribution in [1.29, 1.82) is 0 Å². The van der Waals surface area contributed by atoms with Gasteiger partial charge in [-0.1, -0.05) is 75.1 Å². The van der Waals surface area contributed by atoms with Crippen LogP contribution in [-0.4, -0.2) is 5.78 Å². The molecule has 0 saturated carbocycles. The maximum atomic E-state index is 12.6. The highest BCUT2D eigenvalue weighted by atomic mass is 16.1. The molecule has 23 heavy (non-hydrogen) atoms. The molecule has 0 aliphatic rings. The first kappa shape index (κ1) is 15.7. The molecule has 0 unspecified atom stereocenters. The Kier molecular flexibility index (Phi) is 5.07. The molecule has 3 aromatic carbocycles. The molecule has 0 N–H and O–H groups in total. The van der Waals surface area contributed by atoms with Crippen LogP contribution in [0.25, 0.3) is 21.5 Å². The third-order valence-corrected chi connectivity index (χ3v) is 4.55. The van der Waals surface area contributed by atoms with Crippen LogP contribution in [-0.2, 0) is 0 Å². The van der Waals surface area contributed by atoms with Gasteiger partial charge in [-0.3, -0.25) is 4.79 Å². The van der Waals surface area contributed by atoms with Gasteiger partial charge in [0, 0.05) is 12.0 Å². The first-order valence-corrected chi connectivity index (χ1v) is 8.74. The van der Waals surface area contributed by atoms with Crippen molar-refractivity contribution >= 4 is 27.3 Å². The fraction of sp³-hybridized carbons (Fsp3) is 0.318. The second-order valence-corrected chi connectivity index (χ2v) is 6.31. The second-order valence-electron chi connectivity index (χ2n) is 6.31. The molecule has 0 aromatic heterocycles. The highest BCUT2D eigenvalue weighted by molar-refractivity contribution is 6.11. The summed E-state index contributed by atoms with van der Waals surface area (Å²) in [5.74, 6) is 0.280. The predicted molar refractivity (Wildman–Crippen MR) is 99.2 cm³/mol. The average Bonchev–Trinajstić information content (AvgIpc) is 2.59. The van der Waals surface area contributed by atoms with Crippen LogP contribution in [0, 0.1) is 0 Å². The van der Waals surface area contributed by atoms with E-state index in [9.17, 15) is 4.79 Å². The van der Waals surface area contributed by atoms with Gasteiger partial charge >= 0.3 is 0 Å². The summed E-state index contributed by atoms with van der Waals surface area (Å²) in [4.78, 5) is 12.6. The first-order chi connectivity index (χ1) is 11.3. The van der Waals surface area contributed by atoms with Gasteiger partial charge in [0.2, 0.25) is 0 Å². The molecule has 0 saturated heterocycles. The lowest BCUT2D eigenvalue weighted by Gasteiger charge is -2.08. The first-order valence-electron chi connectivity index (χ1n) is 8.74. The molecule has 0 aliphatic carbocycles. The number of ketones is 1. The molecule has 0 spiro atoms. The number of benzene rings is 3. The molecule has 0 aliphatic heterocycles.